The minimum atomic E-state index is 0. The number of hydrogen-bond donors (Lipinski definition) is 2. The summed E-state index contributed by atoms with van der Waals surface area (Å²) in [6.07, 6.45) is 3.58. The molecule has 1 aliphatic carbocycles. The normalized spacial score (nSPS) is 17.1. The van der Waals surface area contributed by atoms with Crippen molar-refractivity contribution in [2.75, 3.05) is 40.0 Å². The molecule has 0 aromatic rings. The number of rotatable bonds is 9. The van der Waals surface area contributed by atoms with Gasteiger partial charge in [-0.3, -0.25) is 4.99 Å². The maximum absolute atomic E-state index is 5.76. The summed E-state index contributed by atoms with van der Waals surface area (Å²) in [6.45, 7) is 5.81. The minimum absolute atomic E-state index is 0. The number of methoxy groups -OCH3 is 1. The molecular formula is C12H26IN3O2. The van der Waals surface area contributed by atoms with E-state index in [9.17, 15) is 0 Å². The van der Waals surface area contributed by atoms with Crippen LogP contribution in [0.3, 0.4) is 0 Å². The molecule has 0 radical (unpaired) electrons. The van der Waals surface area contributed by atoms with E-state index in [1.54, 1.807) is 7.11 Å². The SMILES string of the molecule is CCOCCC1(CN=C(N)NCCOC)CC1.I. The third-order valence-electron chi connectivity index (χ3n) is 3.14. The van der Waals surface area contributed by atoms with E-state index in [0.29, 0.717) is 24.5 Å². The Morgan fingerprint density at radius 2 is 2.11 bits per heavy atom. The molecule has 0 unspecified atom stereocenters. The van der Waals surface area contributed by atoms with Crippen LogP contribution >= 0.6 is 24.0 Å². The zero-order valence-electron chi connectivity index (χ0n) is 11.4. The molecule has 0 bridgehead atoms. The van der Waals surface area contributed by atoms with Gasteiger partial charge in [-0.05, 0) is 31.6 Å². The summed E-state index contributed by atoms with van der Waals surface area (Å²) in [7, 11) is 1.67. The largest absolute Gasteiger partial charge is 0.383 e. The van der Waals surface area contributed by atoms with Crippen molar-refractivity contribution in [3.63, 3.8) is 0 Å². The summed E-state index contributed by atoms with van der Waals surface area (Å²) in [6, 6.07) is 0. The number of halogens is 1. The topological polar surface area (TPSA) is 68.9 Å². The molecule has 0 aliphatic heterocycles. The number of aliphatic imine (C=N–C) groups is 1. The Kier molecular flexibility index (Phi) is 9.76. The molecule has 108 valence electrons. The molecular weight excluding hydrogens is 345 g/mol. The van der Waals surface area contributed by atoms with Gasteiger partial charge in [-0.25, -0.2) is 0 Å². The quantitative estimate of drug-likeness (QED) is 0.278. The molecule has 1 fully saturated rings. The van der Waals surface area contributed by atoms with E-state index in [0.717, 1.165) is 26.2 Å². The number of nitrogens with zero attached hydrogens (tertiary/aromatic N) is 1. The van der Waals surface area contributed by atoms with Crippen LogP contribution in [0.4, 0.5) is 0 Å². The maximum atomic E-state index is 5.76. The molecule has 18 heavy (non-hydrogen) atoms. The van der Waals surface area contributed by atoms with Gasteiger partial charge in [-0.1, -0.05) is 0 Å². The summed E-state index contributed by atoms with van der Waals surface area (Å²) < 4.78 is 10.3. The van der Waals surface area contributed by atoms with E-state index < -0.39 is 0 Å². The number of guanidine groups is 1. The fourth-order valence-corrected chi connectivity index (χ4v) is 1.69. The van der Waals surface area contributed by atoms with Gasteiger partial charge in [0.2, 0.25) is 0 Å². The van der Waals surface area contributed by atoms with Crippen molar-refractivity contribution >= 4 is 29.9 Å². The standard InChI is InChI=1S/C12H25N3O2.HI/c1-3-17-8-6-12(4-5-12)10-15-11(13)14-7-9-16-2;/h3-10H2,1-2H3,(H3,13,14,15);1H. The lowest BCUT2D eigenvalue weighted by molar-refractivity contribution is 0.129. The molecule has 0 aromatic heterocycles. The van der Waals surface area contributed by atoms with E-state index in [1.165, 1.54) is 12.8 Å². The van der Waals surface area contributed by atoms with E-state index in [1.807, 2.05) is 6.92 Å². The van der Waals surface area contributed by atoms with Crippen LogP contribution in [0.2, 0.25) is 0 Å². The summed E-state index contributed by atoms with van der Waals surface area (Å²) in [5.41, 5.74) is 6.12. The van der Waals surface area contributed by atoms with Gasteiger partial charge < -0.3 is 20.5 Å². The lowest BCUT2D eigenvalue weighted by Crippen LogP contribution is -2.34. The molecule has 1 rings (SSSR count). The van der Waals surface area contributed by atoms with Crippen LogP contribution in [-0.4, -0.2) is 46.0 Å². The highest BCUT2D eigenvalue weighted by molar-refractivity contribution is 14.0. The number of nitrogens with one attached hydrogen (secondary N) is 1. The Labute approximate surface area is 127 Å². The van der Waals surface area contributed by atoms with Crippen molar-refractivity contribution in [3.8, 4) is 0 Å². The van der Waals surface area contributed by atoms with Crippen LogP contribution in [0.1, 0.15) is 26.2 Å². The third-order valence-corrected chi connectivity index (χ3v) is 3.14. The van der Waals surface area contributed by atoms with Gasteiger partial charge in [0.15, 0.2) is 5.96 Å². The molecule has 0 atom stereocenters. The first-order valence-corrected chi connectivity index (χ1v) is 6.33. The summed E-state index contributed by atoms with van der Waals surface area (Å²) in [4.78, 5) is 4.38. The van der Waals surface area contributed by atoms with Crippen LogP contribution in [0.15, 0.2) is 4.99 Å². The van der Waals surface area contributed by atoms with Crippen molar-refractivity contribution in [2.24, 2.45) is 16.1 Å². The van der Waals surface area contributed by atoms with Gasteiger partial charge in [-0.15, -0.1) is 24.0 Å². The first-order chi connectivity index (χ1) is 8.22. The van der Waals surface area contributed by atoms with Crippen LogP contribution < -0.4 is 11.1 Å². The van der Waals surface area contributed by atoms with Crippen molar-refractivity contribution in [3.05, 3.63) is 0 Å². The summed E-state index contributed by atoms with van der Waals surface area (Å²) in [5, 5.41) is 3.02. The van der Waals surface area contributed by atoms with E-state index >= 15 is 0 Å². The average molecular weight is 371 g/mol. The molecule has 1 saturated carbocycles. The Morgan fingerprint density at radius 1 is 1.39 bits per heavy atom. The van der Waals surface area contributed by atoms with E-state index in [2.05, 4.69) is 10.3 Å². The molecule has 0 heterocycles. The van der Waals surface area contributed by atoms with Gasteiger partial charge >= 0.3 is 0 Å². The zero-order valence-corrected chi connectivity index (χ0v) is 13.7. The first kappa shape index (κ1) is 17.9. The predicted molar refractivity (Wildman–Crippen MR) is 84.6 cm³/mol. The van der Waals surface area contributed by atoms with Crippen molar-refractivity contribution in [1.29, 1.82) is 0 Å². The van der Waals surface area contributed by atoms with Crippen molar-refractivity contribution in [2.45, 2.75) is 26.2 Å². The molecule has 0 aromatic carbocycles. The predicted octanol–water partition coefficient (Wildman–Crippen LogP) is 1.36. The van der Waals surface area contributed by atoms with Gasteiger partial charge in [-0.2, -0.15) is 0 Å². The second kappa shape index (κ2) is 9.80. The lowest BCUT2D eigenvalue weighted by Gasteiger charge is -2.13. The van der Waals surface area contributed by atoms with Crippen LogP contribution in [0.5, 0.6) is 0 Å². The highest BCUT2D eigenvalue weighted by Gasteiger charge is 2.41. The van der Waals surface area contributed by atoms with Gasteiger partial charge in [0.25, 0.3) is 0 Å². The molecule has 6 heteroatoms. The van der Waals surface area contributed by atoms with Crippen molar-refractivity contribution in [1.82, 2.24) is 5.32 Å². The maximum Gasteiger partial charge on any atom is 0.188 e. The van der Waals surface area contributed by atoms with Crippen LogP contribution in [0.25, 0.3) is 0 Å². The minimum Gasteiger partial charge on any atom is -0.383 e. The Morgan fingerprint density at radius 3 is 2.67 bits per heavy atom. The molecule has 0 spiro atoms. The summed E-state index contributed by atoms with van der Waals surface area (Å²) in [5.74, 6) is 0.518. The lowest BCUT2D eigenvalue weighted by atomic mass is 10.0. The van der Waals surface area contributed by atoms with E-state index in [-0.39, 0.29) is 24.0 Å². The molecule has 5 nitrogen and oxygen atoms in total. The summed E-state index contributed by atoms with van der Waals surface area (Å²) >= 11 is 0. The highest BCUT2D eigenvalue weighted by Crippen LogP contribution is 2.48. The fraction of sp³-hybridized carbons (Fsp3) is 0.917. The molecule has 0 saturated heterocycles. The molecule has 3 N–H and O–H groups in total. The van der Waals surface area contributed by atoms with Gasteiger partial charge in [0, 0.05) is 33.4 Å². The monoisotopic (exact) mass is 371 g/mol. The van der Waals surface area contributed by atoms with Crippen LogP contribution in [-0.2, 0) is 9.47 Å². The van der Waals surface area contributed by atoms with Crippen LogP contribution in [0, 0.1) is 5.41 Å². The Bertz CT molecular complexity index is 245. The highest BCUT2D eigenvalue weighted by atomic mass is 127. The fourth-order valence-electron chi connectivity index (χ4n) is 1.69. The molecule has 0 amide bonds. The number of nitrogens with two attached hydrogens (primary N) is 1. The first-order valence-electron chi connectivity index (χ1n) is 6.33. The Hall–Kier alpha value is -0.0800. The Balaban J connectivity index is 0.00000289. The average Bonchev–Trinajstić information content (AvgIpc) is 3.08. The second-order valence-corrected chi connectivity index (χ2v) is 4.57. The van der Waals surface area contributed by atoms with Crippen molar-refractivity contribution < 1.29 is 9.47 Å². The second-order valence-electron chi connectivity index (χ2n) is 4.57. The molecule has 1 aliphatic rings. The van der Waals surface area contributed by atoms with Gasteiger partial charge in [0.1, 0.15) is 0 Å². The van der Waals surface area contributed by atoms with Gasteiger partial charge in [0.05, 0.1) is 6.61 Å². The van der Waals surface area contributed by atoms with E-state index in [4.69, 9.17) is 15.2 Å². The zero-order chi connectivity index (χ0) is 12.6. The smallest absolute Gasteiger partial charge is 0.188 e. The third kappa shape index (κ3) is 7.38. The number of ether oxygens (including phenoxy) is 2. The number of hydrogen-bond acceptors (Lipinski definition) is 3.